The second-order valence-corrected chi connectivity index (χ2v) is 8.73. The van der Waals surface area contributed by atoms with Crippen LogP contribution in [-0.2, 0) is 4.74 Å². The number of amides is 2. The molecule has 9 heteroatoms. The molecule has 2 rings (SSSR count). The van der Waals surface area contributed by atoms with Gasteiger partial charge >= 0.3 is 0 Å². The summed E-state index contributed by atoms with van der Waals surface area (Å²) in [6.45, 7) is 5.63. The van der Waals surface area contributed by atoms with E-state index in [0.29, 0.717) is 48.2 Å². The van der Waals surface area contributed by atoms with Crippen molar-refractivity contribution in [1.82, 2.24) is 10.6 Å². The number of hydrogen-bond acceptors (Lipinski definition) is 5. The Morgan fingerprint density at radius 3 is 2.44 bits per heavy atom. The highest BCUT2D eigenvalue weighted by Crippen LogP contribution is 2.24. The number of halogens is 1. The van der Waals surface area contributed by atoms with Crippen molar-refractivity contribution in [2.75, 3.05) is 32.2 Å². The van der Waals surface area contributed by atoms with Gasteiger partial charge in [0.2, 0.25) is 0 Å². The molecule has 0 spiro atoms. The standard InChI is InChI=1S/C23H28BrN3O4S/c1-15(2)10-12-31-20-9-6-17(24)14-19(20)22(29)27-23(32)26-18-7-4-16(5-8-18)21(28)25-11-13-30-3/h4-9,14-15H,10-13H2,1-3H3,(H,25,28)(H2,26,27,29,32). The number of anilines is 1. The summed E-state index contributed by atoms with van der Waals surface area (Å²) in [6.07, 6.45) is 0.886. The minimum absolute atomic E-state index is 0.139. The number of methoxy groups -OCH3 is 1. The normalized spacial score (nSPS) is 10.5. The number of carbonyl (C=O) groups is 2. The predicted octanol–water partition coefficient (Wildman–Crippen LogP) is 4.38. The van der Waals surface area contributed by atoms with Crippen LogP contribution in [0.4, 0.5) is 5.69 Å². The van der Waals surface area contributed by atoms with Crippen LogP contribution in [0.1, 0.15) is 41.0 Å². The Morgan fingerprint density at radius 2 is 1.78 bits per heavy atom. The lowest BCUT2D eigenvalue weighted by Crippen LogP contribution is -2.34. The highest BCUT2D eigenvalue weighted by Gasteiger charge is 2.15. The average Bonchev–Trinajstić information content (AvgIpc) is 2.75. The van der Waals surface area contributed by atoms with E-state index in [1.54, 1.807) is 43.5 Å². The van der Waals surface area contributed by atoms with E-state index in [2.05, 4.69) is 45.7 Å². The number of thiocarbonyl (C=S) groups is 1. The van der Waals surface area contributed by atoms with Gasteiger partial charge in [0.15, 0.2) is 5.11 Å². The lowest BCUT2D eigenvalue weighted by molar-refractivity contribution is 0.0935. The number of ether oxygens (including phenoxy) is 2. The van der Waals surface area contributed by atoms with Crippen LogP contribution in [0.5, 0.6) is 5.75 Å². The summed E-state index contributed by atoms with van der Waals surface area (Å²) in [6, 6.07) is 12.0. The third-order valence-corrected chi connectivity index (χ3v) is 5.06. The molecule has 32 heavy (non-hydrogen) atoms. The smallest absolute Gasteiger partial charge is 0.261 e. The number of nitrogens with one attached hydrogen (secondary N) is 3. The van der Waals surface area contributed by atoms with E-state index in [1.807, 2.05) is 6.07 Å². The quantitative estimate of drug-likeness (QED) is 0.317. The van der Waals surface area contributed by atoms with Crippen LogP contribution in [-0.4, -0.2) is 43.8 Å². The molecule has 3 N–H and O–H groups in total. The van der Waals surface area contributed by atoms with Gasteiger partial charge in [-0.05, 0) is 67.0 Å². The molecule has 2 aromatic rings. The largest absolute Gasteiger partial charge is 0.493 e. The Hall–Kier alpha value is -2.49. The minimum Gasteiger partial charge on any atom is -0.493 e. The van der Waals surface area contributed by atoms with E-state index in [0.717, 1.165) is 10.9 Å². The van der Waals surface area contributed by atoms with Crippen molar-refractivity contribution in [2.24, 2.45) is 5.92 Å². The maximum atomic E-state index is 12.8. The molecule has 2 amide bonds. The summed E-state index contributed by atoms with van der Waals surface area (Å²) in [5.74, 6) is 0.432. The van der Waals surface area contributed by atoms with Crippen molar-refractivity contribution in [1.29, 1.82) is 0 Å². The molecule has 0 saturated heterocycles. The van der Waals surface area contributed by atoms with Crippen LogP contribution in [0.3, 0.4) is 0 Å². The van der Waals surface area contributed by atoms with Crippen molar-refractivity contribution in [2.45, 2.75) is 20.3 Å². The first-order chi connectivity index (χ1) is 15.3. The highest BCUT2D eigenvalue weighted by atomic mass is 79.9. The lowest BCUT2D eigenvalue weighted by atomic mass is 10.1. The summed E-state index contributed by atoms with van der Waals surface area (Å²) in [5, 5.41) is 8.51. The molecule has 0 aliphatic carbocycles. The topological polar surface area (TPSA) is 88.7 Å². The second kappa shape index (κ2) is 13.1. The first-order valence-corrected chi connectivity index (χ1v) is 11.4. The van der Waals surface area contributed by atoms with E-state index in [1.165, 1.54) is 0 Å². The molecular weight excluding hydrogens is 494 g/mol. The van der Waals surface area contributed by atoms with Gasteiger partial charge in [-0.25, -0.2) is 0 Å². The summed E-state index contributed by atoms with van der Waals surface area (Å²) in [7, 11) is 1.58. The minimum atomic E-state index is -0.377. The Bertz CT molecular complexity index is 935. The van der Waals surface area contributed by atoms with Crippen LogP contribution in [0.15, 0.2) is 46.9 Å². The molecule has 0 aromatic heterocycles. The highest BCUT2D eigenvalue weighted by molar-refractivity contribution is 9.10. The summed E-state index contributed by atoms with van der Waals surface area (Å²) < 4.78 is 11.5. The summed E-state index contributed by atoms with van der Waals surface area (Å²) in [4.78, 5) is 24.8. The average molecular weight is 522 g/mol. The monoisotopic (exact) mass is 521 g/mol. The third-order valence-electron chi connectivity index (χ3n) is 4.36. The Labute approximate surface area is 202 Å². The SMILES string of the molecule is COCCNC(=O)c1ccc(NC(=S)NC(=O)c2cc(Br)ccc2OCCC(C)C)cc1. The van der Waals surface area contributed by atoms with Gasteiger partial charge in [0.1, 0.15) is 5.75 Å². The lowest BCUT2D eigenvalue weighted by Gasteiger charge is -2.14. The Balaban J connectivity index is 1.96. The molecule has 0 aliphatic rings. The van der Waals surface area contributed by atoms with E-state index in [4.69, 9.17) is 21.7 Å². The number of carbonyl (C=O) groups excluding carboxylic acids is 2. The molecule has 0 bridgehead atoms. The van der Waals surface area contributed by atoms with Gasteiger partial charge in [0.05, 0.1) is 18.8 Å². The molecule has 0 atom stereocenters. The first kappa shape index (κ1) is 25.8. The fourth-order valence-corrected chi connectivity index (χ4v) is 3.19. The molecule has 0 heterocycles. The third kappa shape index (κ3) is 8.57. The summed E-state index contributed by atoms with van der Waals surface area (Å²) >= 11 is 8.67. The van der Waals surface area contributed by atoms with Gasteiger partial charge in [-0.15, -0.1) is 0 Å². The van der Waals surface area contributed by atoms with Crippen molar-refractivity contribution in [3.05, 3.63) is 58.1 Å². The number of hydrogen-bond donors (Lipinski definition) is 3. The van der Waals surface area contributed by atoms with Crippen LogP contribution in [0, 0.1) is 5.92 Å². The van der Waals surface area contributed by atoms with Crippen LogP contribution >= 0.6 is 28.1 Å². The molecule has 0 fully saturated rings. The zero-order valence-corrected chi connectivity index (χ0v) is 20.8. The molecule has 0 aliphatic heterocycles. The van der Waals surface area contributed by atoms with Gasteiger partial charge in [-0.2, -0.15) is 0 Å². The van der Waals surface area contributed by atoms with Crippen molar-refractivity contribution >= 4 is 50.8 Å². The summed E-state index contributed by atoms with van der Waals surface area (Å²) in [5.41, 5.74) is 1.54. The maximum absolute atomic E-state index is 12.8. The molecular formula is C23H28BrN3O4S. The Morgan fingerprint density at radius 1 is 1.06 bits per heavy atom. The van der Waals surface area contributed by atoms with Gasteiger partial charge < -0.3 is 20.1 Å². The molecule has 172 valence electrons. The molecule has 0 saturated carbocycles. The van der Waals surface area contributed by atoms with E-state index >= 15 is 0 Å². The van der Waals surface area contributed by atoms with Crippen LogP contribution in [0.2, 0.25) is 0 Å². The second-order valence-electron chi connectivity index (χ2n) is 7.41. The predicted molar refractivity (Wildman–Crippen MR) is 133 cm³/mol. The fourth-order valence-electron chi connectivity index (χ4n) is 2.62. The Kier molecular flexibility index (Phi) is 10.6. The first-order valence-electron chi connectivity index (χ1n) is 10.2. The van der Waals surface area contributed by atoms with Gasteiger partial charge in [0.25, 0.3) is 11.8 Å². The number of rotatable bonds is 10. The zero-order chi connectivity index (χ0) is 23.5. The van der Waals surface area contributed by atoms with E-state index in [9.17, 15) is 9.59 Å². The number of benzene rings is 2. The van der Waals surface area contributed by atoms with E-state index < -0.39 is 0 Å². The van der Waals surface area contributed by atoms with Gasteiger partial charge in [0, 0.05) is 29.4 Å². The van der Waals surface area contributed by atoms with Crippen molar-refractivity contribution in [3.63, 3.8) is 0 Å². The van der Waals surface area contributed by atoms with Crippen molar-refractivity contribution < 1.29 is 19.1 Å². The van der Waals surface area contributed by atoms with Gasteiger partial charge in [-0.1, -0.05) is 29.8 Å². The van der Waals surface area contributed by atoms with Crippen LogP contribution < -0.4 is 20.7 Å². The molecule has 7 nitrogen and oxygen atoms in total. The maximum Gasteiger partial charge on any atom is 0.261 e. The van der Waals surface area contributed by atoms with Crippen LogP contribution in [0.25, 0.3) is 0 Å². The molecule has 0 radical (unpaired) electrons. The zero-order valence-electron chi connectivity index (χ0n) is 18.4. The fraction of sp³-hybridized carbons (Fsp3) is 0.348. The molecule has 2 aromatic carbocycles. The van der Waals surface area contributed by atoms with Crippen molar-refractivity contribution in [3.8, 4) is 5.75 Å². The molecule has 0 unspecified atom stereocenters. The van der Waals surface area contributed by atoms with E-state index in [-0.39, 0.29) is 16.9 Å². The van der Waals surface area contributed by atoms with Gasteiger partial charge in [-0.3, -0.25) is 14.9 Å².